The van der Waals surface area contributed by atoms with Gasteiger partial charge in [-0.25, -0.2) is 19.5 Å². The average Bonchev–Trinajstić information content (AvgIpc) is 3.15. The van der Waals surface area contributed by atoms with Crippen LogP contribution in [0.2, 0.25) is 0 Å². The molecule has 0 aliphatic carbocycles. The van der Waals surface area contributed by atoms with Gasteiger partial charge in [-0.1, -0.05) is 0 Å². The van der Waals surface area contributed by atoms with Crippen LogP contribution in [0.4, 0.5) is 5.82 Å². The second kappa shape index (κ2) is 7.58. The molecule has 3 heterocycles. The van der Waals surface area contributed by atoms with E-state index in [1.165, 1.54) is 17.2 Å². The van der Waals surface area contributed by atoms with E-state index in [0.717, 1.165) is 7.11 Å². The zero-order chi connectivity index (χ0) is 20.7. The van der Waals surface area contributed by atoms with E-state index >= 15 is 0 Å². The van der Waals surface area contributed by atoms with Crippen LogP contribution in [0.5, 0.6) is 0 Å². The summed E-state index contributed by atoms with van der Waals surface area (Å²) in [5, 5.41) is 20.5. The Kier molecular flexibility index (Phi) is 5.68. The normalized spacial score (nSPS) is 27.9. The van der Waals surface area contributed by atoms with Crippen LogP contribution in [-0.2, 0) is 32.7 Å². The molecule has 1 fully saturated rings. The molecule has 156 valence electrons. The van der Waals surface area contributed by atoms with Crippen molar-refractivity contribution in [2.24, 2.45) is 0 Å². The molecule has 0 spiro atoms. The first-order valence-corrected chi connectivity index (χ1v) is 10.3. The molecule has 0 saturated carbocycles. The topological polar surface area (TPSA) is 218 Å². The van der Waals surface area contributed by atoms with E-state index in [4.69, 9.17) is 19.5 Å². The van der Waals surface area contributed by atoms with E-state index in [9.17, 15) is 23.2 Å². The Labute approximate surface area is 157 Å². The van der Waals surface area contributed by atoms with Crippen molar-refractivity contribution in [3.63, 3.8) is 0 Å². The van der Waals surface area contributed by atoms with Gasteiger partial charge in [0.05, 0.1) is 12.9 Å². The number of ether oxygens (including phenoxy) is 1. The molecule has 2 aromatic rings. The van der Waals surface area contributed by atoms with Crippen molar-refractivity contribution < 1.29 is 45.5 Å². The summed E-state index contributed by atoms with van der Waals surface area (Å²) in [5.41, 5.74) is 6.16. The molecule has 1 saturated heterocycles. The van der Waals surface area contributed by atoms with Crippen molar-refractivity contribution in [1.82, 2.24) is 19.5 Å². The maximum absolute atomic E-state index is 12.0. The smallest absolute Gasteiger partial charge is 0.387 e. The number of anilines is 1. The summed E-state index contributed by atoms with van der Waals surface area (Å²) in [6, 6.07) is 0. The van der Waals surface area contributed by atoms with Crippen molar-refractivity contribution in [2.75, 3.05) is 19.5 Å². The van der Waals surface area contributed by atoms with Crippen molar-refractivity contribution in [2.45, 2.75) is 24.5 Å². The number of hydrogen-bond donors (Lipinski definition) is 4. The largest absolute Gasteiger partial charge is 0.491 e. The summed E-state index contributed by atoms with van der Waals surface area (Å²) in [5.74, 6) is 0.0973. The van der Waals surface area contributed by atoms with E-state index in [0.29, 0.717) is 0 Å². The molecule has 28 heavy (non-hydrogen) atoms. The predicted octanol–water partition coefficient (Wildman–Crippen LogP) is -1.38. The Morgan fingerprint density at radius 1 is 1.32 bits per heavy atom. The maximum Gasteiger partial charge on any atom is 0.491 e. The SMILES string of the molecule is COP(=O)(OC[C@H]1O[C@@H](n2cnc3c(N)ncnc32)C(O)C1O)OS(=O)(=O)O. The third-order valence-electron chi connectivity index (χ3n) is 3.80. The highest BCUT2D eigenvalue weighted by Crippen LogP contribution is 2.50. The number of nitrogen functional groups attached to an aromatic ring is 1. The van der Waals surface area contributed by atoms with E-state index < -0.39 is 49.4 Å². The maximum atomic E-state index is 12.0. The van der Waals surface area contributed by atoms with Crippen molar-refractivity contribution in [3.05, 3.63) is 12.7 Å². The van der Waals surface area contributed by atoms with E-state index in [-0.39, 0.29) is 17.0 Å². The Morgan fingerprint density at radius 3 is 2.68 bits per heavy atom. The molecule has 0 radical (unpaired) electrons. The highest BCUT2D eigenvalue weighted by Gasteiger charge is 2.46. The predicted molar refractivity (Wildman–Crippen MR) is 88.9 cm³/mol. The molecular formula is C11H16N5O10PS. The lowest BCUT2D eigenvalue weighted by molar-refractivity contribution is -0.0506. The first-order chi connectivity index (χ1) is 13.0. The highest BCUT2D eigenvalue weighted by molar-refractivity contribution is 7.85. The van der Waals surface area contributed by atoms with Crippen LogP contribution in [0.25, 0.3) is 11.2 Å². The lowest BCUT2D eigenvalue weighted by Crippen LogP contribution is -2.33. The van der Waals surface area contributed by atoms with Crippen molar-refractivity contribution in [1.29, 1.82) is 0 Å². The number of rotatable bonds is 7. The van der Waals surface area contributed by atoms with Gasteiger partial charge in [-0.15, -0.1) is 3.97 Å². The zero-order valence-electron chi connectivity index (χ0n) is 14.1. The zero-order valence-corrected chi connectivity index (χ0v) is 15.8. The molecule has 0 bridgehead atoms. The summed E-state index contributed by atoms with van der Waals surface area (Å²) < 4.78 is 61.8. The molecule has 0 aromatic carbocycles. The standard InChI is InChI=1S/C11H16N5O10PS/c1-23-27(19,26-28(20,21)22)24-2-5-7(17)8(18)11(25-5)16-4-15-6-9(12)13-3-14-10(6)16/h3-5,7-8,11,17-18H,2H2,1H3,(H2,12,13,14)(H,20,21,22)/t5-,7?,8?,11-,27?/m1/s1. The molecule has 2 aromatic heterocycles. The molecule has 15 nitrogen and oxygen atoms in total. The van der Waals surface area contributed by atoms with Gasteiger partial charge >= 0.3 is 18.2 Å². The van der Waals surface area contributed by atoms with Crippen molar-refractivity contribution in [3.8, 4) is 0 Å². The second-order valence-electron chi connectivity index (χ2n) is 5.56. The number of phosphoric acid groups is 1. The molecule has 1 aliphatic heterocycles. The molecule has 0 amide bonds. The number of phosphoric ester groups is 1. The highest BCUT2D eigenvalue weighted by atomic mass is 32.3. The first-order valence-electron chi connectivity index (χ1n) is 7.48. The quantitative estimate of drug-likeness (QED) is 0.287. The van der Waals surface area contributed by atoms with Gasteiger partial charge < -0.3 is 20.7 Å². The summed E-state index contributed by atoms with van der Waals surface area (Å²) >= 11 is 0. The molecule has 5 atom stereocenters. The summed E-state index contributed by atoms with van der Waals surface area (Å²) in [7, 11) is -9.04. The molecule has 3 unspecified atom stereocenters. The van der Waals surface area contributed by atoms with Crippen LogP contribution in [-0.4, -0.2) is 74.7 Å². The molecule has 17 heteroatoms. The fraction of sp³-hybridized carbons (Fsp3) is 0.545. The van der Waals surface area contributed by atoms with Gasteiger partial charge in [0.15, 0.2) is 17.7 Å². The lowest BCUT2D eigenvalue weighted by Gasteiger charge is -2.18. The van der Waals surface area contributed by atoms with Gasteiger partial charge in [-0.3, -0.25) is 18.2 Å². The van der Waals surface area contributed by atoms with Crippen LogP contribution in [0, 0.1) is 0 Å². The minimum atomic E-state index is -5.14. The molecule has 3 rings (SSSR count). The van der Waals surface area contributed by atoms with Crippen LogP contribution in [0.1, 0.15) is 6.23 Å². The number of aromatic nitrogens is 4. The number of imidazole rings is 1. The van der Waals surface area contributed by atoms with E-state index in [1.807, 2.05) is 0 Å². The molecular weight excluding hydrogens is 425 g/mol. The fourth-order valence-electron chi connectivity index (χ4n) is 2.54. The van der Waals surface area contributed by atoms with Crippen molar-refractivity contribution >= 4 is 35.2 Å². The summed E-state index contributed by atoms with van der Waals surface area (Å²) in [6.07, 6.45) is -3.02. The Balaban J connectivity index is 1.77. The van der Waals surface area contributed by atoms with Crippen LogP contribution in [0.3, 0.4) is 0 Å². The van der Waals surface area contributed by atoms with Gasteiger partial charge in [0.25, 0.3) is 0 Å². The van der Waals surface area contributed by atoms with E-state index in [2.05, 4.69) is 23.4 Å². The minimum absolute atomic E-state index is 0.0973. The second-order valence-corrected chi connectivity index (χ2v) is 8.53. The summed E-state index contributed by atoms with van der Waals surface area (Å²) in [6.45, 7) is -0.709. The summed E-state index contributed by atoms with van der Waals surface area (Å²) in [4.78, 5) is 11.8. The van der Waals surface area contributed by atoms with E-state index in [1.54, 1.807) is 0 Å². The monoisotopic (exact) mass is 441 g/mol. The number of nitrogens with two attached hydrogens (primary N) is 1. The third-order valence-corrected chi connectivity index (χ3v) is 6.20. The van der Waals surface area contributed by atoms with Gasteiger partial charge in [-0.05, 0) is 0 Å². The van der Waals surface area contributed by atoms with Crippen LogP contribution < -0.4 is 5.73 Å². The first kappa shape index (κ1) is 21.0. The average molecular weight is 441 g/mol. The third kappa shape index (κ3) is 4.14. The Hall–Kier alpha value is -1.75. The fourth-order valence-corrected chi connectivity index (χ4v) is 4.31. The number of aliphatic hydroxyl groups excluding tert-OH is 2. The minimum Gasteiger partial charge on any atom is -0.387 e. The molecule has 5 N–H and O–H groups in total. The Bertz CT molecular complexity index is 1010. The number of aliphatic hydroxyl groups is 2. The van der Waals surface area contributed by atoms with Crippen LogP contribution in [0.15, 0.2) is 12.7 Å². The van der Waals surface area contributed by atoms with Gasteiger partial charge in [0, 0.05) is 7.11 Å². The van der Waals surface area contributed by atoms with Gasteiger partial charge in [0.2, 0.25) is 0 Å². The lowest BCUT2D eigenvalue weighted by atomic mass is 10.1. The van der Waals surface area contributed by atoms with Gasteiger partial charge in [0.1, 0.15) is 30.2 Å². The van der Waals surface area contributed by atoms with Gasteiger partial charge in [-0.2, -0.15) is 8.42 Å². The number of hydrogen-bond acceptors (Lipinski definition) is 13. The van der Waals surface area contributed by atoms with Crippen LogP contribution >= 0.6 is 7.82 Å². The molecule has 1 aliphatic rings. The number of nitrogens with zero attached hydrogens (tertiary/aromatic N) is 4. The number of fused-ring (bicyclic) bond motifs is 1. The Morgan fingerprint density at radius 2 is 2.04 bits per heavy atom.